The highest BCUT2D eigenvalue weighted by molar-refractivity contribution is 6.34. The van der Waals surface area contributed by atoms with E-state index in [9.17, 15) is 48.6 Å². The van der Waals surface area contributed by atoms with Crippen molar-refractivity contribution < 1.29 is 63.9 Å². The predicted octanol–water partition coefficient (Wildman–Crippen LogP) is -5.05. The highest BCUT2D eigenvalue weighted by Crippen LogP contribution is 2.38. The Morgan fingerprint density at radius 1 is 0.545 bits per heavy atom. The Balaban J connectivity index is 7.40. The minimum atomic E-state index is -4.28. The molecule has 184 valence electrons. The van der Waals surface area contributed by atoms with Crippen molar-refractivity contribution in [3.63, 3.8) is 0 Å². The van der Waals surface area contributed by atoms with Crippen LogP contribution in [0.25, 0.3) is 0 Å². The molecule has 33 heavy (non-hydrogen) atoms. The van der Waals surface area contributed by atoms with Gasteiger partial charge in [-0.05, 0) is 0 Å². The van der Waals surface area contributed by atoms with E-state index in [-0.39, 0.29) is 0 Å². The van der Waals surface area contributed by atoms with Gasteiger partial charge in [-0.2, -0.15) is 0 Å². The fraction of sp³-hybridized carbons (Fsp3) is 0.500. The standard InChI is InChI=1S/C16H22N4O13/c17-4(1-7(21)22)10(27)15(13(30)31,11(28)5(18)2-8(23)24)16(20,14(32)33)12(29)6(19)3-9(25)26/h4-6H,1-3,17-20H2,(H,21,22)(H,23,24)(H,25,26)(H,30,31)(H,32,33)/t4-,5-,6-,16+/m0/s1. The number of aliphatic carboxylic acids is 5. The first kappa shape index (κ1) is 29.2. The van der Waals surface area contributed by atoms with Crippen LogP contribution in [-0.2, 0) is 38.4 Å². The lowest BCUT2D eigenvalue weighted by Crippen LogP contribution is -2.79. The number of hydrogen-bond donors (Lipinski definition) is 9. The lowest BCUT2D eigenvalue weighted by Gasteiger charge is -2.41. The summed E-state index contributed by atoms with van der Waals surface area (Å²) in [6, 6.07) is -7.29. The van der Waals surface area contributed by atoms with Crippen molar-refractivity contribution in [1.82, 2.24) is 0 Å². The van der Waals surface area contributed by atoms with E-state index in [0.717, 1.165) is 0 Å². The van der Waals surface area contributed by atoms with Crippen molar-refractivity contribution in [3.8, 4) is 0 Å². The highest BCUT2D eigenvalue weighted by Gasteiger charge is 2.74. The predicted molar refractivity (Wildman–Crippen MR) is 100 cm³/mol. The molecule has 0 spiro atoms. The van der Waals surface area contributed by atoms with Gasteiger partial charge in [-0.1, -0.05) is 0 Å². The Bertz CT molecular complexity index is 867. The van der Waals surface area contributed by atoms with Crippen LogP contribution in [0.4, 0.5) is 0 Å². The van der Waals surface area contributed by atoms with E-state index in [1.54, 1.807) is 0 Å². The van der Waals surface area contributed by atoms with Gasteiger partial charge in [-0.15, -0.1) is 0 Å². The van der Waals surface area contributed by atoms with Gasteiger partial charge in [0.05, 0.1) is 37.4 Å². The van der Waals surface area contributed by atoms with Gasteiger partial charge in [0.25, 0.3) is 0 Å². The minimum Gasteiger partial charge on any atom is -0.481 e. The summed E-state index contributed by atoms with van der Waals surface area (Å²) in [4.78, 5) is 96.0. The van der Waals surface area contributed by atoms with E-state index in [1.165, 1.54) is 0 Å². The Morgan fingerprint density at radius 2 is 0.818 bits per heavy atom. The molecule has 0 saturated heterocycles. The molecule has 0 unspecified atom stereocenters. The summed E-state index contributed by atoms with van der Waals surface area (Å²) in [6.45, 7) is 0. The Morgan fingerprint density at radius 3 is 1.03 bits per heavy atom. The molecule has 0 fully saturated rings. The molecular weight excluding hydrogens is 456 g/mol. The maximum Gasteiger partial charge on any atom is 0.333 e. The zero-order chi connectivity index (χ0) is 26.5. The third-order valence-corrected chi connectivity index (χ3v) is 4.57. The van der Waals surface area contributed by atoms with E-state index in [1.807, 2.05) is 0 Å². The fourth-order valence-electron chi connectivity index (χ4n) is 3.03. The van der Waals surface area contributed by atoms with Crippen molar-refractivity contribution in [2.24, 2.45) is 28.3 Å². The number of nitrogens with two attached hydrogens (primary N) is 4. The quantitative estimate of drug-likeness (QED) is 0.0993. The summed E-state index contributed by atoms with van der Waals surface area (Å²) in [5.41, 5.74) is 13.1. The molecule has 0 aromatic carbocycles. The van der Waals surface area contributed by atoms with Crippen LogP contribution in [-0.4, -0.2) is 96.4 Å². The minimum absolute atomic E-state index is 1.33. The number of carboxylic acid groups (broad SMARTS) is 5. The summed E-state index contributed by atoms with van der Waals surface area (Å²) in [5.74, 6) is -17.4. The maximum absolute atomic E-state index is 13.0. The van der Waals surface area contributed by atoms with Gasteiger partial charge in [-0.25, -0.2) is 4.79 Å². The molecule has 0 aliphatic heterocycles. The molecule has 17 heteroatoms. The Kier molecular flexibility index (Phi) is 9.45. The number of carbonyl (C=O) groups excluding carboxylic acids is 3. The molecule has 0 rings (SSSR count). The zero-order valence-electron chi connectivity index (χ0n) is 16.7. The SMILES string of the molecule is N[C@@H](CC(=O)O)C(=O)C(C(=O)O)(C(=O)[C@@H](N)CC(=O)O)[C@](N)(C(=O)O)C(=O)[C@@H](N)CC(=O)O. The van der Waals surface area contributed by atoms with Gasteiger partial charge in [-0.3, -0.25) is 33.6 Å². The molecule has 0 aliphatic carbocycles. The molecule has 0 saturated carbocycles. The molecule has 0 radical (unpaired) electrons. The monoisotopic (exact) mass is 478 g/mol. The summed E-state index contributed by atoms with van der Waals surface area (Å²) in [6.07, 6.45) is -4.08. The van der Waals surface area contributed by atoms with Gasteiger partial charge in [0.15, 0.2) is 17.3 Å². The average Bonchev–Trinajstić information content (AvgIpc) is 2.64. The van der Waals surface area contributed by atoms with Crippen LogP contribution in [0.1, 0.15) is 19.3 Å². The first-order chi connectivity index (χ1) is 14.9. The van der Waals surface area contributed by atoms with E-state index in [4.69, 9.17) is 38.3 Å². The molecule has 0 aromatic rings. The van der Waals surface area contributed by atoms with Crippen molar-refractivity contribution in [2.45, 2.75) is 42.9 Å². The second-order valence-electron chi connectivity index (χ2n) is 6.87. The molecule has 4 atom stereocenters. The number of Topliss-reactive ketones (excluding diaryl/α,β-unsaturated/α-hetero) is 3. The second kappa shape index (κ2) is 10.7. The van der Waals surface area contributed by atoms with Gasteiger partial charge >= 0.3 is 29.8 Å². The number of rotatable bonds is 15. The fourth-order valence-corrected chi connectivity index (χ4v) is 3.03. The number of carbonyl (C=O) groups is 8. The first-order valence-corrected chi connectivity index (χ1v) is 8.69. The molecule has 0 heterocycles. The van der Waals surface area contributed by atoms with Gasteiger partial charge < -0.3 is 48.5 Å². The summed E-state index contributed by atoms with van der Waals surface area (Å²) in [5, 5.41) is 46.0. The van der Waals surface area contributed by atoms with E-state index < -0.39 is 95.5 Å². The smallest absolute Gasteiger partial charge is 0.333 e. The summed E-state index contributed by atoms with van der Waals surface area (Å²) >= 11 is 0. The van der Waals surface area contributed by atoms with Crippen molar-refractivity contribution in [1.29, 1.82) is 0 Å². The summed E-state index contributed by atoms with van der Waals surface area (Å²) < 4.78 is 0. The number of ketones is 3. The van der Waals surface area contributed by atoms with Crippen LogP contribution >= 0.6 is 0 Å². The lowest BCUT2D eigenvalue weighted by molar-refractivity contribution is -0.178. The van der Waals surface area contributed by atoms with Crippen LogP contribution in [0.5, 0.6) is 0 Å². The largest absolute Gasteiger partial charge is 0.481 e. The zero-order valence-corrected chi connectivity index (χ0v) is 16.7. The van der Waals surface area contributed by atoms with Crippen LogP contribution in [0.15, 0.2) is 0 Å². The molecule has 0 aromatic heterocycles. The first-order valence-electron chi connectivity index (χ1n) is 8.69. The van der Waals surface area contributed by atoms with Gasteiger partial charge in [0.2, 0.25) is 11.0 Å². The number of carboxylic acids is 5. The third kappa shape index (κ3) is 5.52. The molecule has 13 N–H and O–H groups in total. The molecule has 0 amide bonds. The van der Waals surface area contributed by atoms with Gasteiger partial charge in [0, 0.05) is 0 Å². The second-order valence-corrected chi connectivity index (χ2v) is 6.87. The van der Waals surface area contributed by atoms with Crippen LogP contribution in [0.3, 0.4) is 0 Å². The van der Waals surface area contributed by atoms with Gasteiger partial charge in [0.1, 0.15) is 0 Å². The van der Waals surface area contributed by atoms with Crippen molar-refractivity contribution >= 4 is 47.2 Å². The molecule has 0 bridgehead atoms. The van der Waals surface area contributed by atoms with Crippen LogP contribution in [0.2, 0.25) is 0 Å². The Hall–Kier alpha value is -3.80. The van der Waals surface area contributed by atoms with E-state index in [0.29, 0.717) is 0 Å². The third-order valence-electron chi connectivity index (χ3n) is 4.57. The van der Waals surface area contributed by atoms with Crippen molar-refractivity contribution in [2.75, 3.05) is 0 Å². The highest BCUT2D eigenvalue weighted by atomic mass is 16.4. The molecule has 17 nitrogen and oxygen atoms in total. The lowest BCUT2D eigenvalue weighted by atomic mass is 9.58. The topological polar surface area (TPSA) is 342 Å². The maximum atomic E-state index is 13.0. The van der Waals surface area contributed by atoms with E-state index >= 15 is 0 Å². The van der Waals surface area contributed by atoms with Crippen molar-refractivity contribution in [3.05, 3.63) is 0 Å². The average molecular weight is 478 g/mol. The molecule has 0 aliphatic rings. The van der Waals surface area contributed by atoms with Crippen LogP contribution < -0.4 is 22.9 Å². The normalized spacial score (nSPS) is 15.9. The number of hydrogen-bond acceptors (Lipinski definition) is 12. The molecular formula is C16H22N4O13. The Labute approximate surface area is 183 Å². The summed E-state index contributed by atoms with van der Waals surface area (Å²) in [7, 11) is 0. The van der Waals surface area contributed by atoms with Crippen LogP contribution in [0, 0.1) is 5.41 Å². The van der Waals surface area contributed by atoms with E-state index in [2.05, 4.69) is 0 Å².